The van der Waals surface area contributed by atoms with Crippen LogP contribution in [0.15, 0.2) is 18.2 Å². The summed E-state index contributed by atoms with van der Waals surface area (Å²) in [6.07, 6.45) is 0.892. The van der Waals surface area contributed by atoms with Crippen LogP contribution < -0.4 is 5.32 Å². The molecule has 0 spiro atoms. The van der Waals surface area contributed by atoms with Crippen LogP contribution in [0.4, 0.5) is 4.39 Å². The largest absolute Gasteiger partial charge is 0.312 e. The maximum atomic E-state index is 14.1. The Morgan fingerprint density at radius 2 is 2.14 bits per heavy atom. The highest BCUT2D eigenvalue weighted by molar-refractivity contribution is 7.15. The Kier molecular flexibility index (Phi) is 5.73. The van der Waals surface area contributed by atoms with E-state index in [1.54, 1.807) is 12.1 Å². The molecule has 2 aromatic rings. The lowest BCUT2D eigenvalue weighted by molar-refractivity contribution is 0.625. The van der Waals surface area contributed by atoms with E-state index in [2.05, 4.69) is 31.1 Å². The molecule has 1 N–H and O–H groups in total. The lowest BCUT2D eigenvalue weighted by Crippen LogP contribution is -2.12. The maximum absolute atomic E-state index is 14.1. The summed E-state index contributed by atoms with van der Waals surface area (Å²) in [6, 6.07) is 4.74. The average Bonchev–Trinajstić information content (AvgIpc) is 2.78. The summed E-state index contributed by atoms with van der Waals surface area (Å²) in [5.74, 6) is 0.193. The minimum atomic E-state index is -0.317. The molecule has 2 nitrogen and oxygen atoms in total. The summed E-state index contributed by atoms with van der Waals surface area (Å²) in [7, 11) is 0. The van der Waals surface area contributed by atoms with Crippen molar-refractivity contribution in [2.45, 2.75) is 33.7 Å². The first-order chi connectivity index (χ1) is 10.0. The second-order valence-electron chi connectivity index (χ2n) is 5.36. The van der Waals surface area contributed by atoms with Crippen LogP contribution in [-0.2, 0) is 13.0 Å². The fourth-order valence-corrected chi connectivity index (χ4v) is 3.54. The molecule has 1 aromatic carbocycles. The SMILES string of the molecule is CCNCc1sc(-c2c(F)cccc2Cl)nc1CC(C)C. The molecule has 1 aromatic heterocycles. The topological polar surface area (TPSA) is 24.9 Å². The lowest BCUT2D eigenvalue weighted by Gasteiger charge is -2.05. The molecule has 0 saturated heterocycles. The van der Waals surface area contributed by atoms with Crippen molar-refractivity contribution in [2.75, 3.05) is 6.54 Å². The number of hydrogen-bond acceptors (Lipinski definition) is 3. The standard InChI is InChI=1S/C16H20ClFN2S/c1-4-19-9-14-13(8-10(2)3)20-16(21-14)15-11(17)6-5-7-12(15)18/h5-7,10,19H,4,8-9H2,1-3H3. The highest BCUT2D eigenvalue weighted by Crippen LogP contribution is 2.35. The lowest BCUT2D eigenvalue weighted by atomic mass is 10.1. The van der Waals surface area contributed by atoms with Gasteiger partial charge in [-0.05, 0) is 31.0 Å². The molecule has 0 amide bonds. The molecule has 114 valence electrons. The molecule has 5 heteroatoms. The van der Waals surface area contributed by atoms with E-state index in [-0.39, 0.29) is 5.82 Å². The number of nitrogens with zero attached hydrogens (tertiary/aromatic N) is 1. The van der Waals surface area contributed by atoms with E-state index < -0.39 is 0 Å². The van der Waals surface area contributed by atoms with Crippen molar-refractivity contribution in [2.24, 2.45) is 5.92 Å². The Hall–Kier alpha value is -0.970. The number of benzene rings is 1. The van der Waals surface area contributed by atoms with Gasteiger partial charge in [0.05, 0.1) is 16.3 Å². The van der Waals surface area contributed by atoms with E-state index in [1.807, 2.05) is 0 Å². The molecule has 0 radical (unpaired) electrons. The Morgan fingerprint density at radius 3 is 2.76 bits per heavy atom. The van der Waals surface area contributed by atoms with Gasteiger partial charge in [0.2, 0.25) is 0 Å². The minimum absolute atomic E-state index is 0.317. The van der Waals surface area contributed by atoms with E-state index in [4.69, 9.17) is 11.6 Å². The van der Waals surface area contributed by atoms with Crippen LogP contribution in [0.3, 0.4) is 0 Å². The first-order valence-corrected chi connectivity index (χ1v) is 8.36. The Morgan fingerprint density at radius 1 is 1.38 bits per heavy atom. The van der Waals surface area contributed by atoms with Crippen molar-refractivity contribution >= 4 is 22.9 Å². The van der Waals surface area contributed by atoms with E-state index in [9.17, 15) is 4.39 Å². The monoisotopic (exact) mass is 326 g/mol. The Bertz CT molecular complexity index is 590. The second kappa shape index (κ2) is 7.34. The number of nitrogens with one attached hydrogen (secondary N) is 1. The van der Waals surface area contributed by atoms with E-state index in [1.165, 1.54) is 22.3 Å². The Labute approximate surface area is 134 Å². The molecular weight excluding hydrogens is 307 g/mol. The minimum Gasteiger partial charge on any atom is -0.312 e. The molecule has 21 heavy (non-hydrogen) atoms. The van der Waals surface area contributed by atoms with Gasteiger partial charge >= 0.3 is 0 Å². The van der Waals surface area contributed by atoms with Crippen LogP contribution in [0, 0.1) is 11.7 Å². The summed E-state index contributed by atoms with van der Waals surface area (Å²) in [4.78, 5) is 5.82. The molecule has 1 heterocycles. The van der Waals surface area contributed by atoms with Crippen molar-refractivity contribution in [3.63, 3.8) is 0 Å². The number of aromatic nitrogens is 1. The fourth-order valence-electron chi connectivity index (χ4n) is 2.12. The first-order valence-electron chi connectivity index (χ1n) is 7.16. The van der Waals surface area contributed by atoms with Crippen molar-refractivity contribution in [3.05, 3.63) is 39.6 Å². The summed E-state index contributed by atoms with van der Waals surface area (Å²) >= 11 is 7.67. The van der Waals surface area contributed by atoms with Crippen LogP contribution in [0.1, 0.15) is 31.3 Å². The quantitative estimate of drug-likeness (QED) is 0.815. The maximum Gasteiger partial charge on any atom is 0.134 e. The van der Waals surface area contributed by atoms with Crippen LogP contribution in [0.5, 0.6) is 0 Å². The van der Waals surface area contributed by atoms with Crippen LogP contribution in [0.25, 0.3) is 10.6 Å². The number of hydrogen-bond donors (Lipinski definition) is 1. The third-order valence-corrected chi connectivity index (χ3v) is 4.52. The van der Waals surface area contributed by atoms with Gasteiger partial charge in [0.1, 0.15) is 10.8 Å². The van der Waals surface area contributed by atoms with Crippen molar-refractivity contribution < 1.29 is 4.39 Å². The zero-order valence-corrected chi connectivity index (χ0v) is 14.1. The summed E-state index contributed by atoms with van der Waals surface area (Å²) in [5, 5.41) is 4.40. The van der Waals surface area contributed by atoms with Gasteiger partial charge in [0, 0.05) is 11.4 Å². The molecule has 0 unspecified atom stereocenters. The third kappa shape index (κ3) is 4.02. The molecule has 0 saturated carbocycles. The Balaban J connectivity index is 2.42. The molecule has 0 aliphatic heterocycles. The highest BCUT2D eigenvalue weighted by atomic mass is 35.5. The number of halogens is 2. The molecular formula is C16H20ClFN2S. The van der Waals surface area contributed by atoms with Crippen molar-refractivity contribution in [3.8, 4) is 10.6 Å². The second-order valence-corrected chi connectivity index (χ2v) is 6.85. The summed E-state index contributed by atoms with van der Waals surface area (Å²) < 4.78 is 14.1. The van der Waals surface area contributed by atoms with E-state index >= 15 is 0 Å². The molecule has 2 rings (SSSR count). The van der Waals surface area contributed by atoms with Crippen LogP contribution in [0.2, 0.25) is 5.02 Å². The first kappa shape index (κ1) is 16.4. The predicted octanol–water partition coefficient (Wildman–Crippen LogP) is 4.91. The van der Waals surface area contributed by atoms with E-state index in [0.717, 1.165) is 25.2 Å². The predicted molar refractivity (Wildman–Crippen MR) is 88.4 cm³/mol. The molecule has 0 aliphatic rings. The third-order valence-electron chi connectivity index (χ3n) is 3.09. The smallest absolute Gasteiger partial charge is 0.134 e. The normalized spacial score (nSPS) is 11.3. The molecule has 0 aliphatic carbocycles. The summed E-state index contributed by atoms with van der Waals surface area (Å²) in [6.45, 7) is 8.05. The van der Waals surface area contributed by atoms with Crippen LogP contribution in [-0.4, -0.2) is 11.5 Å². The van der Waals surface area contributed by atoms with Gasteiger partial charge in [-0.2, -0.15) is 0 Å². The average molecular weight is 327 g/mol. The van der Waals surface area contributed by atoms with E-state index in [0.29, 0.717) is 21.5 Å². The molecule has 0 fully saturated rings. The van der Waals surface area contributed by atoms with Gasteiger partial charge in [0.15, 0.2) is 0 Å². The number of rotatable bonds is 6. The van der Waals surface area contributed by atoms with Crippen LogP contribution >= 0.6 is 22.9 Å². The molecule has 0 bridgehead atoms. The van der Waals surface area contributed by atoms with Gasteiger partial charge < -0.3 is 5.32 Å². The van der Waals surface area contributed by atoms with Crippen molar-refractivity contribution in [1.82, 2.24) is 10.3 Å². The highest BCUT2D eigenvalue weighted by Gasteiger charge is 2.18. The summed E-state index contributed by atoms with van der Waals surface area (Å²) in [5.41, 5.74) is 1.46. The van der Waals surface area contributed by atoms with Gasteiger partial charge in [-0.1, -0.05) is 38.4 Å². The van der Waals surface area contributed by atoms with Gasteiger partial charge in [-0.25, -0.2) is 9.37 Å². The van der Waals surface area contributed by atoms with Gasteiger partial charge in [-0.15, -0.1) is 11.3 Å². The van der Waals surface area contributed by atoms with Crippen molar-refractivity contribution in [1.29, 1.82) is 0 Å². The zero-order chi connectivity index (χ0) is 15.4. The zero-order valence-electron chi connectivity index (χ0n) is 12.5. The van der Waals surface area contributed by atoms with Gasteiger partial charge in [-0.3, -0.25) is 0 Å². The molecule has 0 atom stereocenters. The van der Waals surface area contributed by atoms with Gasteiger partial charge in [0.25, 0.3) is 0 Å². The number of thiazole rings is 1. The fraction of sp³-hybridized carbons (Fsp3) is 0.438.